The average Bonchev–Trinajstić information content (AvgIpc) is 3.13. The summed E-state index contributed by atoms with van der Waals surface area (Å²) in [6, 6.07) is 11.1. The quantitative estimate of drug-likeness (QED) is 0.714. The van der Waals surface area contributed by atoms with Crippen LogP contribution in [0.15, 0.2) is 47.3 Å². The standard InChI is InChI=1S/C21H22F2N4O2/c1-29-17-7-5-16(6-8-17)27-21(28)24-20(25-27)15-3-2-10-26(13-15)12-14-4-9-18(22)19(23)11-14/h4-9,11,15H,2-3,10,12-13H2,1H3,(H,24,25,28)/t15-/m0/s1. The molecule has 8 heteroatoms. The Hall–Kier alpha value is -3.00. The van der Waals surface area contributed by atoms with E-state index in [4.69, 9.17) is 4.74 Å². The SMILES string of the molecule is COc1ccc(-n2nc([C@H]3CCCN(Cc4ccc(F)c(F)c4)C3)[nH]c2=O)cc1. The van der Waals surface area contributed by atoms with Crippen molar-refractivity contribution in [2.45, 2.75) is 25.3 Å². The first-order chi connectivity index (χ1) is 14.0. The van der Waals surface area contributed by atoms with Crippen LogP contribution in [-0.2, 0) is 6.54 Å². The van der Waals surface area contributed by atoms with Crippen LogP contribution in [0.2, 0.25) is 0 Å². The predicted molar refractivity (Wildman–Crippen MR) is 104 cm³/mol. The van der Waals surface area contributed by atoms with Gasteiger partial charge < -0.3 is 4.74 Å². The molecule has 0 radical (unpaired) electrons. The molecule has 4 rings (SSSR count). The summed E-state index contributed by atoms with van der Waals surface area (Å²) >= 11 is 0. The summed E-state index contributed by atoms with van der Waals surface area (Å²) in [5, 5.41) is 4.50. The van der Waals surface area contributed by atoms with Gasteiger partial charge in [-0.3, -0.25) is 9.88 Å². The summed E-state index contributed by atoms with van der Waals surface area (Å²) in [6.45, 7) is 2.07. The molecule has 0 saturated carbocycles. The Morgan fingerprint density at radius 2 is 1.97 bits per heavy atom. The fraction of sp³-hybridized carbons (Fsp3) is 0.333. The van der Waals surface area contributed by atoms with Gasteiger partial charge in [-0.25, -0.2) is 13.6 Å². The predicted octanol–water partition coefficient (Wildman–Crippen LogP) is 3.23. The number of hydrogen-bond donors (Lipinski definition) is 1. The fourth-order valence-corrected chi connectivity index (χ4v) is 3.74. The molecule has 1 aliphatic heterocycles. The maximum Gasteiger partial charge on any atom is 0.348 e. The summed E-state index contributed by atoms with van der Waals surface area (Å²) in [7, 11) is 1.59. The first-order valence-corrected chi connectivity index (χ1v) is 9.53. The van der Waals surface area contributed by atoms with Crippen LogP contribution in [-0.4, -0.2) is 39.9 Å². The third-order valence-electron chi connectivity index (χ3n) is 5.23. The van der Waals surface area contributed by atoms with E-state index in [0.29, 0.717) is 30.4 Å². The average molecular weight is 400 g/mol. The molecule has 0 bridgehead atoms. The van der Waals surface area contributed by atoms with E-state index in [1.54, 1.807) is 37.4 Å². The molecular formula is C21H22F2N4O2. The van der Waals surface area contributed by atoms with Gasteiger partial charge in [0.1, 0.15) is 11.6 Å². The first kappa shape index (κ1) is 19.3. The lowest BCUT2D eigenvalue weighted by Gasteiger charge is -2.31. The molecule has 2 aromatic carbocycles. The van der Waals surface area contributed by atoms with Crippen LogP contribution < -0.4 is 10.4 Å². The fourth-order valence-electron chi connectivity index (χ4n) is 3.74. The lowest BCUT2D eigenvalue weighted by atomic mass is 9.97. The number of nitrogens with zero attached hydrogens (tertiary/aromatic N) is 3. The van der Waals surface area contributed by atoms with Crippen LogP contribution in [0, 0.1) is 11.6 Å². The van der Waals surface area contributed by atoms with Crippen LogP contribution in [0.5, 0.6) is 5.75 Å². The van der Waals surface area contributed by atoms with Crippen molar-refractivity contribution in [2.24, 2.45) is 0 Å². The molecule has 6 nitrogen and oxygen atoms in total. The van der Waals surface area contributed by atoms with E-state index in [9.17, 15) is 13.6 Å². The number of H-pyrrole nitrogens is 1. The third-order valence-corrected chi connectivity index (χ3v) is 5.23. The molecule has 1 N–H and O–H groups in total. The van der Waals surface area contributed by atoms with Gasteiger partial charge >= 0.3 is 5.69 Å². The van der Waals surface area contributed by atoms with Gasteiger partial charge in [0.25, 0.3) is 0 Å². The summed E-state index contributed by atoms with van der Waals surface area (Å²) < 4.78 is 33.1. The van der Waals surface area contributed by atoms with E-state index in [1.807, 2.05) is 0 Å². The van der Waals surface area contributed by atoms with Gasteiger partial charge in [-0.05, 0) is 61.3 Å². The molecule has 29 heavy (non-hydrogen) atoms. The van der Waals surface area contributed by atoms with Gasteiger partial charge in [-0.15, -0.1) is 5.10 Å². The van der Waals surface area contributed by atoms with Crippen molar-refractivity contribution in [3.05, 3.63) is 76.0 Å². The molecule has 3 aromatic rings. The number of aromatic nitrogens is 3. The molecule has 0 unspecified atom stereocenters. The van der Waals surface area contributed by atoms with Gasteiger partial charge in [0.2, 0.25) is 0 Å². The molecular weight excluding hydrogens is 378 g/mol. The normalized spacial score (nSPS) is 17.4. The van der Waals surface area contributed by atoms with Crippen molar-refractivity contribution in [3.8, 4) is 11.4 Å². The summed E-state index contributed by atoms with van der Waals surface area (Å²) in [5.41, 5.74) is 1.09. The molecule has 0 spiro atoms. The number of benzene rings is 2. The molecule has 152 valence electrons. The number of methoxy groups -OCH3 is 1. The molecule has 1 aliphatic rings. The molecule has 1 atom stereocenters. The van der Waals surface area contributed by atoms with Crippen LogP contribution in [0.1, 0.15) is 30.1 Å². The molecule has 1 fully saturated rings. The van der Waals surface area contributed by atoms with Gasteiger partial charge in [0.15, 0.2) is 11.6 Å². The minimum absolute atomic E-state index is 0.0706. The Morgan fingerprint density at radius 3 is 2.69 bits per heavy atom. The van der Waals surface area contributed by atoms with Gasteiger partial charge in [0, 0.05) is 19.0 Å². The van der Waals surface area contributed by atoms with E-state index in [2.05, 4.69) is 15.0 Å². The zero-order valence-electron chi connectivity index (χ0n) is 16.1. The van der Waals surface area contributed by atoms with E-state index < -0.39 is 11.6 Å². The highest BCUT2D eigenvalue weighted by molar-refractivity contribution is 5.36. The van der Waals surface area contributed by atoms with E-state index in [-0.39, 0.29) is 11.6 Å². The first-order valence-electron chi connectivity index (χ1n) is 9.53. The van der Waals surface area contributed by atoms with Crippen molar-refractivity contribution < 1.29 is 13.5 Å². The van der Waals surface area contributed by atoms with E-state index in [0.717, 1.165) is 31.0 Å². The molecule has 0 aliphatic carbocycles. The van der Waals surface area contributed by atoms with Crippen molar-refractivity contribution in [1.29, 1.82) is 0 Å². The highest BCUT2D eigenvalue weighted by atomic mass is 19.2. The maximum atomic E-state index is 13.5. The second-order valence-electron chi connectivity index (χ2n) is 7.25. The minimum atomic E-state index is -0.841. The number of hydrogen-bond acceptors (Lipinski definition) is 4. The summed E-state index contributed by atoms with van der Waals surface area (Å²) in [4.78, 5) is 17.4. The van der Waals surface area contributed by atoms with E-state index >= 15 is 0 Å². The third kappa shape index (κ3) is 4.22. The van der Waals surface area contributed by atoms with Crippen LogP contribution in [0.4, 0.5) is 8.78 Å². The lowest BCUT2D eigenvalue weighted by molar-refractivity contribution is 0.196. The molecule has 1 aromatic heterocycles. The van der Waals surface area contributed by atoms with Crippen LogP contribution in [0.25, 0.3) is 5.69 Å². The monoisotopic (exact) mass is 400 g/mol. The number of nitrogens with one attached hydrogen (secondary N) is 1. The Bertz CT molecular complexity index is 1050. The highest BCUT2D eigenvalue weighted by Crippen LogP contribution is 2.25. The number of ether oxygens (including phenoxy) is 1. The second-order valence-corrected chi connectivity index (χ2v) is 7.25. The zero-order chi connectivity index (χ0) is 20.4. The number of likely N-dealkylation sites (tertiary alicyclic amines) is 1. The minimum Gasteiger partial charge on any atom is -0.497 e. The van der Waals surface area contributed by atoms with Crippen LogP contribution >= 0.6 is 0 Å². The number of halogens is 2. The van der Waals surface area contributed by atoms with Gasteiger partial charge in [-0.2, -0.15) is 4.68 Å². The van der Waals surface area contributed by atoms with Gasteiger partial charge in [-0.1, -0.05) is 6.07 Å². The Balaban J connectivity index is 1.49. The Kier molecular flexibility index (Phi) is 5.44. The molecule has 0 amide bonds. The second kappa shape index (κ2) is 8.16. The van der Waals surface area contributed by atoms with Crippen molar-refractivity contribution in [2.75, 3.05) is 20.2 Å². The van der Waals surface area contributed by atoms with Crippen molar-refractivity contribution in [3.63, 3.8) is 0 Å². The van der Waals surface area contributed by atoms with Crippen molar-refractivity contribution >= 4 is 0 Å². The van der Waals surface area contributed by atoms with Crippen molar-refractivity contribution in [1.82, 2.24) is 19.7 Å². The topological polar surface area (TPSA) is 63.1 Å². The van der Waals surface area contributed by atoms with Gasteiger partial charge in [0.05, 0.1) is 12.8 Å². The smallest absolute Gasteiger partial charge is 0.348 e. The highest BCUT2D eigenvalue weighted by Gasteiger charge is 2.25. The Morgan fingerprint density at radius 1 is 1.17 bits per heavy atom. The number of rotatable bonds is 5. The largest absolute Gasteiger partial charge is 0.497 e. The maximum absolute atomic E-state index is 13.5. The zero-order valence-corrected chi connectivity index (χ0v) is 16.1. The molecule has 1 saturated heterocycles. The lowest BCUT2D eigenvalue weighted by Crippen LogP contribution is -2.34. The summed E-state index contributed by atoms with van der Waals surface area (Å²) in [6.07, 6.45) is 1.84. The van der Waals surface area contributed by atoms with E-state index in [1.165, 1.54) is 10.7 Å². The van der Waals surface area contributed by atoms with Crippen LogP contribution in [0.3, 0.4) is 0 Å². The number of piperidine rings is 1. The Labute approximate surface area is 166 Å². The molecule has 2 heterocycles. The number of aromatic amines is 1. The summed E-state index contributed by atoms with van der Waals surface area (Å²) in [5.74, 6) is -0.259.